The van der Waals surface area contributed by atoms with Crippen molar-refractivity contribution in [2.75, 3.05) is 13.7 Å². The van der Waals surface area contributed by atoms with Crippen molar-refractivity contribution in [2.24, 2.45) is 0 Å². The van der Waals surface area contributed by atoms with E-state index < -0.39 is 0 Å². The lowest BCUT2D eigenvalue weighted by atomic mass is 10.2. The number of nitrogens with zero attached hydrogens (tertiary/aromatic N) is 1. The molecule has 1 heterocycles. The van der Waals surface area contributed by atoms with Crippen LogP contribution in [0.2, 0.25) is 0 Å². The number of amides is 1. The lowest BCUT2D eigenvalue weighted by molar-refractivity contribution is -0.120. The summed E-state index contributed by atoms with van der Waals surface area (Å²) < 4.78 is 4.99. The summed E-state index contributed by atoms with van der Waals surface area (Å²) in [4.78, 5) is 15.9. The summed E-state index contributed by atoms with van der Waals surface area (Å²) in [5, 5.41) is 5.74. The first-order valence-electron chi connectivity index (χ1n) is 5.95. The molecule has 0 spiro atoms. The molecule has 5 heteroatoms. The van der Waals surface area contributed by atoms with E-state index in [1.54, 1.807) is 7.11 Å². The van der Waals surface area contributed by atoms with Crippen molar-refractivity contribution in [2.45, 2.75) is 39.2 Å². The minimum Gasteiger partial charge on any atom is -0.378 e. The highest BCUT2D eigenvalue weighted by Gasteiger charge is 2.06. The van der Waals surface area contributed by atoms with Gasteiger partial charge in [0.15, 0.2) is 0 Å². The summed E-state index contributed by atoms with van der Waals surface area (Å²) >= 11 is 1.53. The Labute approximate surface area is 106 Å². The monoisotopic (exact) mass is 256 g/mol. The van der Waals surface area contributed by atoms with Gasteiger partial charge in [-0.05, 0) is 6.42 Å². The van der Waals surface area contributed by atoms with Crippen LogP contribution < -0.4 is 5.32 Å². The third-order valence-corrected chi connectivity index (χ3v) is 3.18. The first-order chi connectivity index (χ1) is 8.26. The van der Waals surface area contributed by atoms with Gasteiger partial charge in [-0.2, -0.15) is 0 Å². The molecule has 0 radical (unpaired) electrons. The number of thiazole rings is 1. The fourth-order valence-corrected chi connectivity index (χ4v) is 2.21. The van der Waals surface area contributed by atoms with E-state index in [1.165, 1.54) is 17.8 Å². The van der Waals surface area contributed by atoms with Crippen molar-refractivity contribution in [1.82, 2.24) is 10.3 Å². The molecule has 0 fully saturated rings. The maximum atomic E-state index is 11.6. The molecule has 1 aromatic rings. The van der Waals surface area contributed by atoms with E-state index in [0.717, 1.165) is 30.1 Å². The highest BCUT2D eigenvalue weighted by Crippen LogP contribution is 2.10. The van der Waals surface area contributed by atoms with Crippen LogP contribution in [0.15, 0.2) is 5.38 Å². The quantitative estimate of drug-likeness (QED) is 0.725. The minimum absolute atomic E-state index is 0.0513. The molecule has 0 unspecified atom stereocenters. The summed E-state index contributed by atoms with van der Waals surface area (Å²) in [6.45, 7) is 3.43. The Bertz CT molecular complexity index is 339. The molecular weight excluding hydrogens is 236 g/mol. The average molecular weight is 256 g/mol. The lowest BCUT2D eigenvalue weighted by Gasteiger charge is -2.02. The molecule has 96 valence electrons. The Morgan fingerprint density at radius 3 is 3.06 bits per heavy atom. The predicted molar refractivity (Wildman–Crippen MR) is 69.1 cm³/mol. The van der Waals surface area contributed by atoms with E-state index in [1.807, 2.05) is 5.38 Å². The van der Waals surface area contributed by atoms with Gasteiger partial charge in [-0.15, -0.1) is 11.3 Å². The molecule has 1 aromatic heterocycles. The van der Waals surface area contributed by atoms with Gasteiger partial charge in [0.25, 0.3) is 0 Å². The van der Waals surface area contributed by atoms with Gasteiger partial charge in [0.05, 0.1) is 18.7 Å². The number of nitrogens with one attached hydrogen (secondary N) is 1. The van der Waals surface area contributed by atoms with Crippen LogP contribution in [0, 0.1) is 0 Å². The van der Waals surface area contributed by atoms with E-state index in [-0.39, 0.29) is 5.91 Å². The maximum Gasteiger partial charge on any atom is 0.226 e. The highest BCUT2D eigenvalue weighted by molar-refractivity contribution is 7.09. The standard InChI is InChI=1S/C12H20N2O2S/c1-3-4-5-6-13-11(15)7-10-9-17-12(14-10)8-16-2/h9H,3-8H2,1-2H3,(H,13,15). The van der Waals surface area contributed by atoms with Crippen LogP contribution in [-0.2, 0) is 22.6 Å². The normalized spacial score (nSPS) is 10.5. The molecule has 0 aliphatic rings. The molecular formula is C12H20N2O2S. The fourth-order valence-electron chi connectivity index (χ4n) is 1.45. The van der Waals surface area contributed by atoms with Gasteiger partial charge in [0.1, 0.15) is 5.01 Å². The Morgan fingerprint density at radius 1 is 1.53 bits per heavy atom. The molecule has 1 N–H and O–H groups in total. The van der Waals surface area contributed by atoms with Crippen LogP contribution in [0.4, 0.5) is 0 Å². The zero-order chi connectivity index (χ0) is 12.5. The zero-order valence-electron chi connectivity index (χ0n) is 10.5. The SMILES string of the molecule is CCCCCNC(=O)Cc1csc(COC)n1. The molecule has 0 aliphatic carbocycles. The van der Waals surface area contributed by atoms with E-state index in [0.29, 0.717) is 13.0 Å². The zero-order valence-corrected chi connectivity index (χ0v) is 11.3. The maximum absolute atomic E-state index is 11.6. The van der Waals surface area contributed by atoms with Crippen LogP contribution in [0.5, 0.6) is 0 Å². The molecule has 1 amide bonds. The summed E-state index contributed by atoms with van der Waals surface area (Å²) in [5.41, 5.74) is 0.829. The molecule has 0 aliphatic heterocycles. The molecule has 0 bridgehead atoms. The molecule has 0 saturated heterocycles. The van der Waals surface area contributed by atoms with Gasteiger partial charge in [-0.3, -0.25) is 4.79 Å². The molecule has 4 nitrogen and oxygen atoms in total. The number of unbranched alkanes of at least 4 members (excludes halogenated alkanes) is 2. The van der Waals surface area contributed by atoms with Gasteiger partial charge in [0, 0.05) is 19.0 Å². The molecule has 1 rings (SSSR count). The average Bonchev–Trinajstić information content (AvgIpc) is 2.73. The van der Waals surface area contributed by atoms with Crippen molar-refractivity contribution in [3.05, 3.63) is 16.1 Å². The third kappa shape index (κ3) is 5.79. The summed E-state index contributed by atoms with van der Waals surface area (Å²) in [6.07, 6.45) is 3.75. The smallest absolute Gasteiger partial charge is 0.226 e. The number of rotatable bonds is 8. The van der Waals surface area contributed by atoms with Crippen molar-refractivity contribution >= 4 is 17.2 Å². The van der Waals surface area contributed by atoms with Crippen molar-refractivity contribution in [3.63, 3.8) is 0 Å². The number of hydrogen-bond donors (Lipinski definition) is 1. The van der Waals surface area contributed by atoms with Crippen LogP contribution >= 0.6 is 11.3 Å². The Morgan fingerprint density at radius 2 is 2.35 bits per heavy atom. The van der Waals surface area contributed by atoms with Crippen molar-refractivity contribution in [1.29, 1.82) is 0 Å². The Kier molecular flexibility index (Phi) is 6.81. The molecule has 0 aromatic carbocycles. The van der Waals surface area contributed by atoms with Crippen LogP contribution in [0.25, 0.3) is 0 Å². The highest BCUT2D eigenvalue weighted by atomic mass is 32.1. The first-order valence-corrected chi connectivity index (χ1v) is 6.83. The number of methoxy groups -OCH3 is 1. The second-order valence-corrected chi connectivity index (χ2v) is 4.84. The topological polar surface area (TPSA) is 51.2 Å². The Balaban J connectivity index is 2.24. The Hall–Kier alpha value is -0.940. The fraction of sp³-hybridized carbons (Fsp3) is 0.667. The second kappa shape index (κ2) is 8.20. The molecule has 0 atom stereocenters. The second-order valence-electron chi connectivity index (χ2n) is 3.90. The predicted octanol–water partition coefficient (Wildman–Crippen LogP) is 2.14. The largest absolute Gasteiger partial charge is 0.378 e. The van der Waals surface area contributed by atoms with E-state index in [9.17, 15) is 4.79 Å². The van der Waals surface area contributed by atoms with Gasteiger partial charge in [-0.25, -0.2) is 4.98 Å². The summed E-state index contributed by atoms with van der Waals surface area (Å²) in [5.74, 6) is 0.0513. The minimum atomic E-state index is 0.0513. The molecule has 17 heavy (non-hydrogen) atoms. The lowest BCUT2D eigenvalue weighted by Crippen LogP contribution is -2.26. The van der Waals surface area contributed by atoms with Crippen molar-refractivity contribution < 1.29 is 9.53 Å². The number of carbonyl (C=O) groups is 1. The summed E-state index contributed by atoms with van der Waals surface area (Å²) in [6, 6.07) is 0. The van der Waals surface area contributed by atoms with Crippen LogP contribution in [0.3, 0.4) is 0 Å². The summed E-state index contributed by atoms with van der Waals surface area (Å²) in [7, 11) is 1.64. The van der Waals surface area contributed by atoms with Crippen LogP contribution in [0.1, 0.15) is 36.9 Å². The first kappa shape index (κ1) is 14.1. The van der Waals surface area contributed by atoms with E-state index in [4.69, 9.17) is 4.74 Å². The van der Waals surface area contributed by atoms with Gasteiger partial charge in [0.2, 0.25) is 5.91 Å². The van der Waals surface area contributed by atoms with E-state index in [2.05, 4.69) is 17.2 Å². The van der Waals surface area contributed by atoms with Gasteiger partial charge < -0.3 is 10.1 Å². The van der Waals surface area contributed by atoms with E-state index >= 15 is 0 Å². The van der Waals surface area contributed by atoms with Gasteiger partial charge >= 0.3 is 0 Å². The number of carbonyl (C=O) groups excluding carboxylic acids is 1. The number of ether oxygens (including phenoxy) is 1. The number of hydrogen-bond acceptors (Lipinski definition) is 4. The van der Waals surface area contributed by atoms with Crippen molar-refractivity contribution in [3.8, 4) is 0 Å². The molecule has 0 saturated carbocycles. The van der Waals surface area contributed by atoms with Gasteiger partial charge in [-0.1, -0.05) is 19.8 Å². The third-order valence-electron chi connectivity index (χ3n) is 2.31. The van der Waals surface area contributed by atoms with Crippen LogP contribution in [-0.4, -0.2) is 24.5 Å². The number of aromatic nitrogens is 1.